The summed E-state index contributed by atoms with van der Waals surface area (Å²) in [5.41, 5.74) is 16.4. The van der Waals surface area contributed by atoms with Crippen LogP contribution < -0.4 is 38.5 Å². The van der Waals surface area contributed by atoms with E-state index in [4.69, 9.17) is 17.2 Å². The zero-order valence-corrected chi connectivity index (χ0v) is 20.8. The van der Waals surface area contributed by atoms with Crippen molar-refractivity contribution in [3.05, 3.63) is 0 Å². The Kier molecular flexibility index (Phi) is 16.6. The van der Waals surface area contributed by atoms with Crippen LogP contribution in [0.2, 0.25) is 0 Å². The van der Waals surface area contributed by atoms with Crippen LogP contribution in [0, 0.1) is 0 Å². The van der Waals surface area contributed by atoms with Gasteiger partial charge in [-0.1, -0.05) is 0 Å². The van der Waals surface area contributed by atoms with Crippen LogP contribution in [0.1, 0.15) is 39.0 Å². The first kappa shape index (κ1) is 32.5. The maximum atomic E-state index is 12.5. The molecule has 0 aromatic carbocycles. The van der Waals surface area contributed by atoms with Crippen molar-refractivity contribution >= 4 is 42.2 Å². The Hall–Kier alpha value is -2.46. The highest BCUT2D eigenvalue weighted by Gasteiger charge is 2.27. The maximum Gasteiger partial charge on any atom is 0.326 e. The highest BCUT2D eigenvalue weighted by atomic mass is 32.1. The summed E-state index contributed by atoms with van der Waals surface area (Å²) in [6.45, 7) is 1.46. The van der Waals surface area contributed by atoms with Crippen LogP contribution in [0.5, 0.6) is 0 Å². The standard InChI is InChI=1S/C20H39N7O7S/c1-11(28)16(23)19(32)26-12(6-4-8-22)17(30)24-9-15(29)25-14(10-35)18(31)27-13(20(33)34)5-2-3-7-21/h11-14,16,28,35H,2-10,21-23H2,1H3,(H,24,30)(H,25,29)(H,26,32)(H,27,31)(H,33,34)/t11-,12+,13+,14+,16+/m1/s1. The second-order valence-electron chi connectivity index (χ2n) is 7.96. The molecule has 4 amide bonds. The smallest absolute Gasteiger partial charge is 0.326 e. The second-order valence-corrected chi connectivity index (χ2v) is 8.33. The molecule has 0 aliphatic carbocycles. The summed E-state index contributed by atoms with van der Waals surface area (Å²) in [6, 6.07) is -4.58. The van der Waals surface area contributed by atoms with Gasteiger partial charge in [0.15, 0.2) is 0 Å². The summed E-state index contributed by atoms with van der Waals surface area (Å²) in [5.74, 6) is -4.22. The molecule has 0 rings (SSSR count). The summed E-state index contributed by atoms with van der Waals surface area (Å²) in [7, 11) is 0. The van der Waals surface area contributed by atoms with E-state index < -0.39 is 66.4 Å². The lowest BCUT2D eigenvalue weighted by Gasteiger charge is -2.22. The van der Waals surface area contributed by atoms with Gasteiger partial charge >= 0.3 is 5.97 Å². The average molecular weight is 522 g/mol. The quantitative estimate of drug-likeness (QED) is 0.0620. The first-order valence-corrected chi connectivity index (χ1v) is 12.0. The number of carbonyl (C=O) groups excluding carboxylic acids is 4. The molecule has 0 aliphatic heterocycles. The molecule has 0 saturated carbocycles. The van der Waals surface area contributed by atoms with Crippen molar-refractivity contribution in [1.29, 1.82) is 0 Å². The maximum absolute atomic E-state index is 12.5. The first-order valence-electron chi connectivity index (χ1n) is 11.3. The van der Waals surface area contributed by atoms with E-state index in [0.717, 1.165) is 0 Å². The molecule has 0 spiro atoms. The molecule has 0 aliphatic rings. The summed E-state index contributed by atoms with van der Waals surface area (Å²) >= 11 is 4.02. The lowest BCUT2D eigenvalue weighted by Crippen LogP contribution is -2.56. The molecule has 0 unspecified atom stereocenters. The van der Waals surface area contributed by atoms with Crippen LogP contribution in [0.4, 0.5) is 0 Å². The van der Waals surface area contributed by atoms with E-state index in [9.17, 15) is 34.2 Å². The average Bonchev–Trinajstić information content (AvgIpc) is 2.81. The Morgan fingerprint density at radius 1 is 0.829 bits per heavy atom. The van der Waals surface area contributed by atoms with Gasteiger partial charge in [0.1, 0.15) is 24.2 Å². The lowest BCUT2D eigenvalue weighted by molar-refractivity contribution is -0.142. The van der Waals surface area contributed by atoms with Crippen molar-refractivity contribution in [3.63, 3.8) is 0 Å². The summed E-state index contributed by atoms with van der Waals surface area (Å²) < 4.78 is 0. The fraction of sp³-hybridized carbons (Fsp3) is 0.750. The summed E-state index contributed by atoms with van der Waals surface area (Å²) in [5, 5.41) is 28.2. The van der Waals surface area contributed by atoms with Crippen LogP contribution in [0.15, 0.2) is 0 Å². The van der Waals surface area contributed by atoms with Crippen molar-refractivity contribution < 1.29 is 34.2 Å². The van der Waals surface area contributed by atoms with Gasteiger partial charge < -0.3 is 48.7 Å². The third kappa shape index (κ3) is 13.3. The number of aliphatic hydroxyl groups is 1. The van der Waals surface area contributed by atoms with E-state index in [2.05, 4.69) is 33.9 Å². The monoisotopic (exact) mass is 521 g/mol. The van der Waals surface area contributed by atoms with Gasteiger partial charge in [-0.25, -0.2) is 4.79 Å². The van der Waals surface area contributed by atoms with E-state index in [1.165, 1.54) is 6.92 Å². The number of hydrogen-bond donors (Lipinski definition) is 10. The van der Waals surface area contributed by atoms with Gasteiger partial charge in [-0.3, -0.25) is 19.2 Å². The first-order chi connectivity index (χ1) is 16.5. The number of aliphatic hydroxyl groups excluding tert-OH is 1. The van der Waals surface area contributed by atoms with Crippen molar-refractivity contribution in [2.24, 2.45) is 17.2 Å². The topological polar surface area (TPSA) is 252 Å². The van der Waals surface area contributed by atoms with Crippen molar-refractivity contribution in [2.75, 3.05) is 25.4 Å². The minimum absolute atomic E-state index is 0.118. The zero-order chi connectivity index (χ0) is 27.0. The molecule has 12 N–H and O–H groups in total. The molecule has 0 aromatic rings. The van der Waals surface area contributed by atoms with Gasteiger partial charge in [0.05, 0.1) is 12.6 Å². The van der Waals surface area contributed by atoms with Crippen molar-refractivity contribution in [3.8, 4) is 0 Å². The number of amides is 4. The number of thiol groups is 1. The van der Waals surface area contributed by atoms with Crippen LogP contribution in [-0.2, 0) is 24.0 Å². The predicted octanol–water partition coefficient (Wildman–Crippen LogP) is -3.85. The Balaban J connectivity index is 4.91. The third-order valence-electron chi connectivity index (χ3n) is 4.97. The van der Waals surface area contributed by atoms with Gasteiger partial charge in [0.2, 0.25) is 23.6 Å². The summed E-state index contributed by atoms with van der Waals surface area (Å²) in [6.07, 6.45) is 0.711. The zero-order valence-electron chi connectivity index (χ0n) is 19.9. The highest BCUT2D eigenvalue weighted by Crippen LogP contribution is 2.02. The Morgan fingerprint density at radius 3 is 1.91 bits per heavy atom. The Labute approximate surface area is 209 Å². The molecule has 35 heavy (non-hydrogen) atoms. The molecular weight excluding hydrogens is 482 g/mol. The number of nitrogens with two attached hydrogens (primary N) is 3. The summed E-state index contributed by atoms with van der Waals surface area (Å²) in [4.78, 5) is 60.7. The number of carboxylic acids is 1. The number of rotatable bonds is 18. The number of hydrogen-bond acceptors (Lipinski definition) is 10. The normalized spacial score (nSPS) is 15.1. The van der Waals surface area contributed by atoms with E-state index in [1.54, 1.807) is 0 Å². The second kappa shape index (κ2) is 17.9. The predicted molar refractivity (Wildman–Crippen MR) is 131 cm³/mol. The SMILES string of the molecule is C[C@@H](O)[C@H](N)C(=O)N[C@@H](CCCN)C(=O)NCC(=O)N[C@@H](CS)C(=O)N[C@@H](CCCCN)C(=O)O. The minimum Gasteiger partial charge on any atom is -0.480 e. The van der Waals surface area contributed by atoms with Gasteiger partial charge in [-0.05, 0) is 52.1 Å². The molecule has 0 aromatic heterocycles. The number of carboxylic acid groups (broad SMARTS) is 1. The molecule has 14 nitrogen and oxygen atoms in total. The molecule has 0 bridgehead atoms. The fourth-order valence-electron chi connectivity index (χ4n) is 2.83. The number of unbranched alkanes of at least 4 members (excludes halogenated alkanes) is 1. The van der Waals surface area contributed by atoms with Crippen LogP contribution in [0.3, 0.4) is 0 Å². The molecule has 0 fully saturated rings. The number of aliphatic carboxylic acids is 1. The number of nitrogens with one attached hydrogen (secondary N) is 4. The van der Waals surface area contributed by atoms with Crippen molar-refractivity contribution in [2.45, 2.75) is 69.3 Å². The highest BCUT2D eigenvalue weighted by molar-refractivity contribution is 7.80. The van der Waals surface area contributed by atoms with Gasteiger partial charge in [-0.15, -0.1) is 0 Å². The molecule has 5 atom stereocenters. The van der Waals surface area contributed by atoms with Gasteiger partial charge in [0, 0.05) is 5.75 Å². The Morgan fingerprint density at radius 2 is 1.40 bits per heavy atom. The molecular formula is C20H39N7O7S. The number of carbonyl (C=O) groups is 5. The van der Waals surface area contributed by atoms with E-state index in [0.29, 0.717) is 25.8 Å². The molecule has 0 radical (unpaired) electrons. The molecule has 15 heteroatoms. The Bertz CT molecular complexity index is 711. The van der Waals surface area contributed by atoms with Crippen molar-refractivity contribution in [1.82, 2.24) is 21.3 Å². The van der Waals surface area contributed by atoms with E-state index in [-0.39, 0.29) is 25.1 Å². The third-order valence-corrected chi connectivity index (χ3v) is 5.34. The van der Waals surface area contributed by atoms with Gasteiger partial charge in [-0.2, -0.15) is 12.6 Å². The molecule has 202 valence electrons. The fourth-order valence-corrected chi connectivity index (χ4v) is 3.09. The lowest BCUT2D eigenvalue weighted by atomic mass is 10.1. The molecule has 0 heterocycles. The largest absolute Gasteiger partial charge is 0.480 e. The van der Waals surface area contributed by atoms with Crippen LogP contribution >= 0.6 is 12.6 Å². The minimum atomic E-state index is -1.24. The van der Waals surface area contributed by atoms with E-state index >= 15 is 0 Å². The van der Waals surface area contributed by atoms with Crippen LogP contribution in [-0.4, -0.2) is 95.5 Å². The van der Waals surface area contributed by atoms with Crippen LogP contribution in [0.25, 0.3) is 0 Å². The van der Waals surface area contributed by atoms with Gasteiger partial charge in [0.25, 0.3) is 0 Å². The van der Waals surface area contributed by atoms with E-state index in [1.807, 2.05) is 0 Å². The molecule has 0 saturated heterocycles.